The van der Waals surface area contributed by atoms with E-state index in [1.807, 2.05) is 12.1 Å². The summed E-state index contributed by atoms with van der Waals surface area (Å²) in [6, 6.07) is 7.79. The molecule has 1 amide bonds. The van der Waals surface area contributed by atoms with Crippen molar-refractivity contribution in [1.82, 2.24) is 5.32 Å². The van der Waals surface area contributed by atoms with Crippen molar-refractivity contribution in [1.29, 1.82) is 0 Å². The highest BCUT2D eigenvalue weighted by Gasteiger charge is 2.27. The van der Waals surface area contributed by atoms with Crippen molar-refractivity contribution in [2.45, 2.75) is 70.4 Å². The Kier molecular flexibility index (Phi) is 8.76. The maximum atomic E-state index is 12.5. The van der Waals surface area contributed by atoms with Crippen LogP contribution in [0, 0.1) is 5.92 Å². The van der Waals surface area contributed by atoms with E-state index in [1.165, 1.54) is 12.7 Å². The van der Waals surface area contributed by atoms with Crippen molar-refractivity contribution in [3.05, 3.63) is 35.4 Å². The summed E-state index contributed by atoms with van der Waals surface area (Å²) in [6.07, 6.45) is 3.60. The molecule has 152 valence electrons. The number of rotatable bonds is 6. The van der Waals surface area contributed by atoms with Gasteiger partial charge in [-0.15, -0.1) is 12.4 Å². The third-order valence-corrected chi connectivity index (χ3v) is 5.28. The molecule has 0 spiro atoms. The smallest absolute Gasteiger partial charge is 0.307 e. The summed E-state index contributed by atoms with van der Waals surface area (Å²) in [5.41, 5.74) is 8.25. The molecule has 1 aliphatic rings. The first kappa shape index (κ1) is 23.4. The van der Waals surface area contributed by atoms with Crippen molar-refractivity contribution in [2.75, 3.05) is 7.11 Å². The molecule has 0 aromatic heterocycles. The second kappa shape index (κ2) is 10.1. The summed E-state index contributed by atoms with van der Waals surface area (Å²) >= 11 is 0. The molecule has 1 fully saturated rings. The molecule has 1 aromatic rings. The number of nitrogens with two attached hydrogens (primary N) is 1. The molecule has 0 aliphatic heterocycles. The lowest BCUT2D eigenvalue weighted by Crippen LogP contribution is -2.34. The number of carbonyl (C=O) groups excluding carboxylic acids is 2. The summed E-state index contributed by atoms with van der Waals surface area (Å²) in [5, 5.41) is 3.01. The van der Waals surface area contributed by atoms with Gasteiger partial charge in [0, 0.05) is 12.5 Å². The number of halogens is 1. The Bertz CT molecular complexity index is 625. The van der Waals surface area contributed by atoms with Gasteiger partial charge in [0.1, 0.15) is 0 Å². The number of benzene rings is 1. The van der Waals surface area contributed by atoms with Crippen LogP contribution in [0.2, 0.25) is 0 Å². The third-order valence-electron chi connectivity index (χ3n) is 5.28. The number of carbonyl (C=O) groups is 2. The summed E-state index contributed by atoms with van der Waals surface area (Å²) in [5.74, 6) is -0.161. The van der Waals surface area contributed by atoms with E-state index in [9.17, 15) is 9.59 Å². The van der Waals surface area contributed by atoms with Gasteiger partial charge in [0.25, 0.3) is 0 Å². The molecule has 5 nitrogen and oxygen atoms in total. The number of hydrogen-bond acceptors (Lipinski definition) is 4. The molecule has 1 aromatic carbocycles. The lowest BCUT2D eigenvalue weighted by atomic mass is 9.86. The Hall–Kier alpha value is -1.59. The molecule has 3 atom stereocenters. The molecule has 6 heteroatoms. The van der Waals surface area contributed by atoms with E-state index in [0.29, 0.717) is 6.42 Å². The fraction of sp³-hybridized carbons (Fsp3) is 0.619. The van der Waals surface area contributed by atoms with Crippen LogP contribution in [0.5, 0.6) is 0 Å². The Balaban J connectivity index is 0.00000364. The molecular formula is C21H33ClN2O3. The number of amides is 1. The topological polar surface area (TPSA) is 81.4 Å². The lowest BCUT2D eigenvalue weighted by molar-refractivity contribution is -0.141. The van der Waals surface area contributed by atoms with Crippen LogP contribution in [-0.4, -0.2) is 25.0 Å². The highest BCUT2D eigenvalue weighted by molar-refractivity contribution is 5.85. The zero-order valence-electron chi connectivity index (χ0n) is 16.8. The summed E-state index contributed by atoms with van der Waals surface area (Å²) < 4.78 is 4.80. The predicted molar refractivity (Wildman–Crippen MR) is 110 cm³/mol. The Morgan fingerprint density at radius 1 is 1.22 bits per heavy atom. The number of hydrogen-bond donors (Lipinski definition) is 2. The maximum absolute atomic E-state index is 12.5. The van der Waals surface area contributed by atoms with E-state index in [4.69, 9.17) is 10.5 Å². The van der Waals surface area contributed by atoms with Crippen LogP contribution in [0.25, 0.3) is 0 Å². The van der Waals surface area contributed by atoms with Crippen LogP contribution >= 0.6 is 12.4 Å². The predicted octanol–water partition coefficient (Wildman–Crippen LogP) is 3.64. The molecule has 0 saturated heterocycles. The van der Waals surface area contributed by atoms with Gasteiger partial charge < -0.3 is 15.8 Å². The molecule has 2 rings (SSSR count). The van der Waals surface area contributed by atoms with Crippen molar-refractivity contribution in [2.24, 2.45) is 11.7 Å². The first-order valence-electron chi connectivity index (χ1n) is 9.43. The van der Waals surface area contributed by atoms with Crippen molar-refractivity contribution >= 4 is 24.3 Å². The average Bonchev–Trinajstić information content (AvgIpc) is 2.98. The molecule has 0 bridgehead atoms. The summed E-state index contributed by atoms with van der Waals surface area (Å²) in [4.78, 5) is 24.3. The number of ether oxygens (including phenoxy) is 1. The Morgan fingerprint density at radius 3 is 2.33 bits per heavy atom. The van der Waals surface area contributed by atoms with Gasteiger partial charge in [-0.05, 0) is 35.3 Å². The van der Waals surface area contributed by atoms with E-state index in [1.54, 1.807) is 0 Å². The van der Waals surface area contributed by atoms with Gasteiger partial charge in [-0.25, -0.2) is 0 Å². The van der Waals surface area contributed by atoms with Crippen LogP contribution < -0.4 is 11.1 Å². The van der Waals surface area contributed by atoms with E-state index in [-0.39, 0.29) is 54.1 Å². The SMILES string of the molecule is COC(=O)CC(NC(=O)C[C@@H]1CCC[C@H]1N)c1ccc(C(C)(C)C)cc1.Cl. The zero-order chi connectivity index (χ0) is 19.3. The maximum Gasteiger partial charge on any atom is 0.307 e. The normalized spacial score (nSPS) is 20.5. The molecular weight excluding hydrogens is 364 g/mol. The van der Waals surface area contributed by atoms with Gasteiger partial charge in [0.15, 0.2) is 0 Å². The van der Waals surface area contributed by atoms with Crippen LogP contribution in [0.4, 0.5) is 0 Å². The first-order valence-corrected chi connectivity index (χ1v) is 9.43. The Labute approximate surface area is 168 Å². The largest absolute Gasteiger partial charge is 0.469 e. The molecule has 1 unspecified atom stereocenters. The Morgan fingerprint density at radius 2 is 1.85 bits per heavy atom. The summed E-state index contributed by atoms with van der Waals surface area (Å²) in [6.45, 7) is 6.46. The van der Waals surface area contributed by atoms with Gasteiger partial charge in [0.05, 0.1) is 19.6 Å². The van der Waals surface area contributed by atoms with Gasteiger partial charge in [0.2, 0.25) is 5.91 Å². The minimum Gasteiger partial charge on any atom is -0.469 e. The molecule has 27 heavy (non-hydrogen) atoms. The minimum absolute atomic E-state index is 0. The molecule has 3 N–H and O–H groups in total. The van der Waals surface area contributed by atoms with Crippen molar-refractivity contribution in [3.63, 3.8) is 0 Å². The van der Waals surface area contributed by atoms with E-state index in [2.05, 4.69) is 38.2 Å². The standard InChI is InChI=1S/C21H32N2O3.ClH/c1-21(2,3)16-10-8-14(9-11-16)18(13-20(25)26-4)23-19(24)12-15-6-5-7-17(15)22;/h8-11,15,17-18H,5-7,12-13,22H2,1-4H3,(H,23,24);1H/t15-,17+,18?;/m0./s1. The van der Waals surface area contributed by atoms with Gasteiger partial charge >= 0.3 is 5.97 Å². The van der Waals surface area contributed by atoms with Crippen LogP contribution in [0.3, 0.4) is 0 Å². The van der Waals surface area contributed by atoms with Gasteiger partial charge in [-0.2, -0.15) is 0 Å². The highest BCUT2D eigenvalue weighted by Crippen LogP contribution is 2.28. The fourth-order valence-corrected chi connectivity index (χ4v) is 3.53. The van der Waals surface area contributed by atoms with E-state index < -0.39 is 0 Å². The summed E-state index contributed by atoms with van der Waals surface area (Å²) in [7, 11) is 1.36. The van der Waals surface area contributed by atoms with E-state index >= 15 is 0 Å². The highest BCUT2D eigenvalue weighted by atomic mass is 35.5. The first-order chi connectivity index (χ1) is 12.2. The molecule has 1 aliphatic carbocycles. The molecule has 0 heterocycles. The van der Waals surface area contributed by atoms with Gasteiger partial charge in [-0.1, -0.05) is 51.5 Å². The number of methoxy groups -OCH3 is 1. The van der Waals surface area contributed by atoms with Crippen molar-refractivity contribution < 1.29 is 14.3 Å². The quantitative estimate of drug-likeness (QED) is 0.719. The fourth-order valence-electron chi connectivity index (χ4n) is 3.53. The number of esters is 1. The van der Waals surface area contributed by atoms with E-state index in [0.717, 1.165) is 24.8 Å². The average molecular weight is 397 g/mol. The van der Waals surface area contributed by atoms with Crippen molar-refractivity contribution in [3.8, 4) is 0 Å². The second-order valence-electron chi connectivity index (χ2n) is 8.33. The van der Waals surface area contributed by atoms with Crippen LogP contribution in [0.15, 0.2) is 24.3 Å². The second-order valence-corrected chi connectivity index (χ2v) is 8.33. The minimum atomic E-state index is -0.387. The van der Waals surface area contributed by atoms with Crippen LogP contribution in [-0.2, 0) is 19.7 Å². The third kappa shape index (κ3) is 6.82. The van der Waals surface area contributed by atoms with Gasteiger partial charge in [-0.3, -0.25) is 9.59 Å². The zero-order valence-corrected chi connectivity index (χ0v) is 17.6. The monoisotopic (exact) mass is 396 g/mol. The number of nitrogens with one attached hydrogen (secondary N) is 1. The lowest BCUT2D eigenvalue weighted by Gasteiger charge is -2.23. The van der Waals surface area contributed by atoms with Crippen LogP contribution in [0.1, 0.15) is 70.0 Å². The molecule has 1 saturated carbocycles. The molecule has 0 radical (unpaired) electrons.